The fourth-order valence-corrected chi connectivity index (χ4v) is 1.64. The first kappa shape index (κ1) is 15.2. The maximum absolute atomic E-state index is 12.6. The topological polar surface area (TPSA) is 82.3 Å². The van der Waals surface area contributed by atoms with Crippen molar-refractivity contribution < 1.29 is 23.2 Å². The first-order valence-corrected chi connectivity index (χ1v) is 5.51. The Morgan fingerprint density at radius 3 is 2.74 bits per heavy atom. The molecule has 19 heavy (non-hydrogen) atoms. The van der Waals surface area contributed by atoms with Gasteiger partial charge in [0.2, 0.25) is 0 Å². The molecule has 0 amide bonds. The molecule has 0 bridgehead atoms. The van der Waals surface area contributed by atoms with Gasteiger partial charge in [-0.15, -0.1) is 0 Å². The second-order valence-corrected chi connectivity index (χ2v) is 3.74. The Morgan fingerprint density at radius 2 is 2.26 bits per heavy atom. The summed E-state index contributed by atoms with van der Waals surface area (Å²) < 4.78 is 29.8. The Morgan fingerprint density at radius 1 is 1.63 bits per heavy atom. The molecule has 0 radical (unpaired) electrons. The summed E-state index contributed by atoms with van der Waals surface area (Å²) in [5.74, 6) is -0.698. The van der Waals surface area contributed by atoms with Gasteiger partial charge in [0.05, 0.1) is 23.6 Å². The van der Waals surface area contributed by atoms with Crippen LogP contribution in [0.4, 0.5) is 14.5 Å². The number of ether oxygens (including phenoxy) is 1. The molecule has 6 nitrogen and oxygen atoms in total. The average Bonchev–Trinajstić information content (AvgIpc) is 2.30. The minimum atomic E-state index is -3.08. The summed E-state index contributed by atoms with van der Waals surface area (Å²) in [6, 6.07) is 0. The van der Waals surface area contributed by atoms with Gasteiger partial charge in [-0.25, -0.2) is 8.78 Å². The number of aromatic nitrogens is 1. The quantitative estimate of drug-likeness (QED) is 0.474. The molecule has 0 saturated carbocycles. The maximum atomic E-state index is 12.6. The number of pyridine rings is 1. The van der Waals surface area contributed by atoms with Crippen molar-refractivity contribution in [3.8, 4) is 0 Å². The highest BCUT2D eigenvalue weighted by Crippen LogP contribution is 2.36. The van der Waals surface area contributed by atoms with E-state index in [9.17, 15) is 23.7 Å². The molecule has 0 aliphatic heterocycles. The highest BCUT2D eigenvalue weighted by Gasteiger charge is 2.29. The highest BCUT2D eigenvalue weighted by molar-refractivity contribution is 6.33. The number of hydrogen-bond donors (Lipinski definition) is 0. The van der Waals surface area contributed by atoms with Gasteiger partial charge in [0, 0.05) is 6.20 Å². The summed E-state index contributed by atoms with van der Waals surface area (Å²) in [7, 11) is 0. The second-order valence-electron chi connectivity index (χ2n) is 3.36. The molecule has 1 heterocycles. The molecule has 0 aliphatic rings. The van der Waals surface area contributed by atoms with Gasteiger partial charge in [-0.05, 0) is 6.92 Å². The molecular formula is C10H9ClF2N2O4. The molecule has 1 aromatic heterocycles. The number of carbonyl (C=O) groups excluding carboxylic acids is 1. The Kier molecular flexibility index (Phi) is 5.11. The van der Waals surface area contributed by atoms with E-state index in [2.05, 4.69) is 9.72 Å². The lowest BCUT2D eigenvalue weighted by molar-refractivity contribution is -0.386. The van der Waals surface area contributed by atoms with Crippen LogP contribution in [0.3, 0.4) is 0 Å². The predicted molar refractivity (Wildman–Crippen MR) is 61.2 cm³/mol. The zero-order valence-corrected chi connectivity index (χ0v) is 10.5. The normalized spacial score (nSPS) is 10.6. The molecule has 1 aromatic rings. The van der Waals surface area contributed by atoms with Crippen molar-refractivity contribution in [2.24, 2.45) is 0 Å². The lowest BCUT2D eigenvalue weighted by atomic mass is 10.2. The molecule has 0 N–H and O–H groups in total. The molecule has 0 fully saturated rings. The van der Waals surface area contributed by atoms with Gasteiger partial charge in [0.15, 0.2) is 0 Å². The first-order chi connectivity index (χ1) is 8.88. The van der Waals surface area contributed by atoms with Gasteiger partial charge in [0.25, 0.3) is 12.1 Å². The van der Waals surface area contributed by atoms with E-state index in [0.717, 1.165) is 0 Å². The summed E-state index contributed by atoms with van der Waals surface area (Å²) in [5, 5.41) is 10.2. The van der Waals surface area contributed by atoms with E-state index >= 15 is 0 Å². The monoisotopic (exact) mass is 294 g/mol. The van der Waals surface area contributed by atoms with Crippen LogP contribution in [0.25, 0.3) is 0 Å². The van der Waals surface area contributed by atoms with E-state index in [1.165, 1.54) is 0 Å². The van der Waals surface area contributed by atoms with E-state index in [-0.39, 0.29) is 12.3 Å². The summed E-state index contributed by atoms with van der Waals surface area (Å²) in [5.41, 5.74) is -2.00. The lowest BCUT2D eigenvalue weighted by Crippen LogP contribution is -2.11. The number of carbonyl (C=O) groups is 1. The summed E-state index contributed by atoms with van der Waals surface area (Å²) in [6.07, 6.45) is -2.86. The number of alkyl halides is 2. The van der Waals surface area contributed by atoms with Crippen LogP contribution in [-0.2, 0) is 16.0 Å². The zero-order chi connectivity index (χ0) is 14.6. The third-order valence-electron chi connectivity index (χ3n) is 2.13. The molecular weight excluding hydrogens is 286 g/mol. The van der Waals surface area contributed by atoms with E-state index in [1.807, 2.05) is 0 Å². The van der Waals surface area contributed by atoms with Gasteiger partial charge < -0.3 is 4.74 Å². The van der Waals surface area contributed by atoms with Crippen LogP contribution in [0, 0.1) is 10.1 Å². The number of esters is 1. The van der Waals surface area contributed by atoms with Crippen LogP contribution in [0.2, 0.25) is 5.02 Å². The van der Waals surface area contributed by atoms with Crippen LogP contribution in [-0.4, -0.2) is 22.5 Å². The summed E-state index contributed by atoms with van der Waals surface area (Å²) in [4.78, 5) is 24.5. The van der Waals surface area contributed by atoms with E-state index in [4.69, 9.17) is 11.6 Å². The molecule has 0 aliphatic carbocycles. The molecule has 0 atom stereocenters. The van der Waals surface area contributed by atoms with E-state index in [0.29, 0.717) is 6.20 Å². The van der Waals surface area contributed by atoms with Gasteiger partial charge in [-0.2, -0.15) is 0 Å². The van der Waals surface area contributed by atoms with Gasteiger partial charge in [-0.1, -0.05) is 11.6 Å². The molecule has 104 valence electrons. The fraction of sp³-hybridized carbons (Fsp3) is 0.400. The average molecular weight is 295 g/mol. The molecule has 0 spiro atoms. The Bertz CT molecular complexity index is 511. The largest absolute Gasteiger partial charge is 0.466 e. The van der Waals surface area contributed by atoms with Crippen molar-refractivity contribution in [3.05, 3.63) is 32.6 Å². The Hall–Kier alpha value is -1.83. The van der Waals surface area contributed by atoms with Gasteiger partial charge in [0.1, 0.15) is 10.6 Å². The van der Waals surface area contributed by atoms with Crippen molar-refractivity contribution >= 4 is 23.3 Å². The number of rotatable bonds is 5. The number of hydrogen-bond acceptors (Lipinski definition) is 5. The van der Waals surface area contributed by atoms with Crippen LogP contribution in [0.5, 0.6) is 0 Å². The Labute approximate surface area is 111 Å². The van der Waals surface area contributed by atoms with Crippen LogP contribution < -0.4 is 0 Å². The summed E-state index contributed by atoms with van der Waals surface area (Å²) >= 11 is 5.65. The van der Waals surface area contributed by atoms with Crippen molar-refractivity contribution in [1.82, 2.24) is 4.98 Å². The predicted octanol–water partition coefficient (Wildman–Crippen LogP) is 2.69. The number of nitrogens with zero attached hydrogens (tertiary/aromatic N) is 2. The number of halogens is 3. The van der Waals surface area contributed by atoms with Crippen molar-refractivity contribution in [2.45, 2.75) is 19.8 Å². The van der Waals surface area contributed by atoms with Crippen LogP contribution in [0.15, 0.2) is 6.20 Å². The number of nitro groups is 1. The molecule has 1 rings (SSSR count). The van der Waals surface area contributed by atoms with Crippen molar-refractivity contribution in [3.63, 3.8) is 0 Å². The SMILES string of the molecule is CCOC(=O)Cc1ncc(C(F)F)c([N+](=O)[O-])c1Cl. The van der Waals surface area contributed by atoms with Crippen molar-refractivity contribution in [2.75, 3.05) is 6.61 Å². The minimum absolute atomic E-state index is 0.119. The van der Waals surface area contributed by atoms with Crippen molar-refractivity contribution in [1.29, 1.82) is 0 Å². The molecule has 0 saturated heterocycles. The van der Waals surface area contributed by atoms with E-state index in [1.54, 1.807) is 6.92 Å². The van der Waals surface area contributed by atoms with E-state index < -0.39 is 40.0 Å². The smallest absolute Gasteiger partial charge is 0.311 e. The molecule has 0 unspecified atom stereocenters. The molecule has 9 heteroatoms. The fourth-order valence-electron chi connectivity index (χ4n) is 1.35. The third-order valence-corrected chi connectivity index (χ3v) is 2.53. The minimum Gasteiger partial charge on any atom is -0.466 e. The Balaban J connectivity index is 3.20. The summed E-state index contributed by atoms with van der Waals surface area (Å²) in [6.45, 7) is 1.70. The maximum Gasteiger partial charge on any atom is 0.311 e. The molecule has 0 aromatic carbocycles. The highest BCUT2D eigenvalue weighted by atomic mass is 35.5. The standard InChI is InChI=1S/C10H9ClF2N2O4/c1-2-19-7(16)3-6-8(11)9(15(17)18)5(4-14-6)10(12)13/h4,10H,2-3H2,1H3. The third kappa shape index (κ3) is 3.57. The first-order valence-electron chi connectivity index (χ1n) is 5.13. The lowest BCUT2D eigenvalue weighted by Gasteiger charge is -2.07. The van der Waals surface area contributed by atoms with Crippen LogP contribution >= 0.6 is 11.6 Å². The van der Waals surface area contributed by atoms with Crippen LogP contribution in [0.1, 0.15) is 24.6 Å². The van der Waals surface area contributed by atoms with Gasteiger partial charge >= 0.3 is 5.97 Å². The van der Waals surface area contributed by atoms with Gasteiger partial charge in [-0.3, -0.25) is 19.9 Å². The second kappa shape index (κ2) is 6.37. The zero-order valence-electron chi connectivity index (χ0n) is 9.73.